The molecule has 0 spiro atoms. The van der Waals surface area contributed by atoms with Crippen molar-refractivity contribution in [2.24, 2.45) is 5.73 Å². The summed E-state index contributed by atoms with van der Waals surface area (Å²) in [5.74, 6) is 0.333. The fourth-order valence-electron chi connectivity index (χ4n) is 1.77. The van der Waals surface area contributed by atoms with Crippen molar-refractivity contribution in [3.8, 4) is 5.75 Å². The molecule has 0 heterocycles. The molecule has 0 atom stereocenters. The van der Waals surface area contributed by atoms with Crippen molar-refractivity contribution >= 4 is 5.97 Å². The van der Waals surface area contributed by atoms with E-state index >= 15 is 0 Å². The standard InChI is InChI=1S/C15H23NO3/c1-5-18-14(17)15(3,4)19-13-7-6-12(8-9-16)10-11(13)2/h6-7,10H,5,8-9,16H2,1-4H3. The van der Waals surface area contributed by atoms with Gasteiger partial charge in [-0.15, -0.1) is 0 Å². The van der Waals surface area contributed by atoms with E-state index in [1.165, 1.54) is 5.56 Å². The zero-order valence-corrected chi connectivity index (χ0v) is 12.2. The number of carbonyl (C=O) groups is 1. The van der Waals surface area contributed by atoms with Crippen LogP contribution in [0.3, 0.4) is 0 Å². The first kappa shape index (κ1) is 15.5. The Bertz CT molecular complexity index is 441. The Balaban J connectivity index is 2.84. The van der Waals surface area contributed by atoms with Crippen molar-refractivity contribution in [2.75, 3.05) is 13.2 Å². The summed E-state index contributed by atoms with van der Waals surface area (Å²) in [6, 6.07) is 5.88. The third kappa shape index (κ3) is 4.24. The van der Waals surface area contributed by atoms with Crippen molar-refractivity contribution in [3.63, 3.8) is 0 Å². The number of nitrogens with two attached hydrogens (primary N) is 1. The van der Waals surface area contributed by atoms with Gasteiger partial charge in [0.25, 0.3) is 0 Å². The first-order valence-electron chi connectivity index (χ1n) is 6.56. The molecule has 0 aliphatic carbocycles. The monoisotopic (exact) mass is 265 g/mol. The molecule has 1 aromatic rings. The molecule has 0 amide bonds. The Morgan fingerprint density at radius 1 is 1.37 bits per heavy atom. The Kier molecular flexibility index (Phi) is 5.36. The Labute approximate surface area is 114 Å². The minimum Gasteiger partial charge on any atom is -0.476 e. The SMILES string of the molecule is CCOC(=O)C(C)(C)Oc1ccc(CCN)cc1C. The van der Waals surface area contributed by atoms with Crippen molar-refractivity contribution in [1.29, 1.82) is 0 Å². The number of hydrogen-bond donors (Lipinski definition) is 1. The molecule has 106 valence electrons. The topological polar surface area (TPSA) is 61.5 Å². The van der Waals surface area contributed by atoms with Gasteiger partial charge in [-0.05, 0) is 57.9 Å². The highest BCUT2D eigenvalue weighted by Crippen LogP contribution is 2.24. The normalized spacial score (nSPS) is 11.2. The summed E-state index contributed by atoms with van der Waals surface area (Å²) in [5, 5.41) is 0. The molecule has 0 saturated carbocycles. The lowest BCUT2D eigenvalue weighted by Gasteiger charge is -2.25. The predicted octanol–water partition coefficient (Wildman–Crippen LogP) is 2.22. The number of benzene rings is 1. The maximum atomic E-state index is 11.8. The molecular formula is C15H23NO3. The van der Waals surface area contributed by atoms with Crippen LogP contribution in [0.15, 0.2) is 18.2 Å². The average molecular weight is 265 g/mol. The van der Waals surface area contributed by atoms with Crippen molar-refractivity contribution in [1.82, 2.24) is 0 Å². The van der Waals surface area contributed by atoms with E-state index in [0.717, 1.165) is 12.0 Å². The van der Waals surface area contributed by atoms with Crippen LogP contribution >= 0.6 is 0 Å². The van der Waals surface area contributed by atoms with E-state index in [1.807, 2.05) is 25.1 Å². The Hall–Kier alpha value is -1.55. The van der Waals surface area contributed by atoms with Crippen LogP contribution in [0.5, 0.6) is 5.75 Å². The van der Waals surface area contributed by atoms with Gasteiger partial charge >= 0.3 is 5.97 Å². The lowest BCUT2D eigenvalue weighted by atomic mass is 10.1. The largest absolute Gasteiger partial charge is 0.476 e. The number of rotatable bonds is 6. The third-order valence-corrected chi connectivity index (χ3v) is 2.80. The molecule has 0 aliphatic rings. The Morgan fingerprint density at radius 3 is 2.58 bits per heavy atom. The summed E-state index contributed by atoms with van der Waals surface area (Å²) in [7, 11) is 0. The van der Waals surface area contributed by atoms with Gasteiger partial charge in [0, 0.05) is 0 Å². The van der Waals surface area contributed by atoms with E-state index in [1.54, 1.807) is 20.8 Å². The fourth-order valence-corrected chi connectivity index (χ4v) is 1.77. The zero-order chi connectivity index (χ0) is 14.5. The van der Waals surface area contributed by atoms with E-state index in [0.29, 0.717) is 18.9 Å². The molecule has 0 aromatic heterocycles. The zero-order valence-electron chi connectivity index (χ0n) is 12.2. The number of carbonyl (C=O) groups excluding carboxylic acids is 1. The molecule has 1 aromatic carbocycles. The van der Waals surface area contributed by atoms with Gasteiger partial charge in [0.2, 0.25) is 0 Å². The van der Waals surface area contributed by atoms with Gasteiger partial charge in [-0.3, -0.25) is 0 Å². The van der Waals surface area contributed by atoms with E-state index in [9.17, 15) is 4.79 Å². The molecule has 0 aliphatic heterocycles. The molecule has 0 radical (unpaired) electrons. The summed E-state index contributed by atoms with van der Waals surface area (Å²) in [5.41, 5.74) is 6.70. The summed E-state index contributed by atoms with van der Waals surface area (Å²) in [6.07, 6.45) is 0.836. The van der Waals surface area contributed by atoms with Crippen molar-refractivity contribution in [2.45, 2.75) is 39.7 Å². The average Bonchev–Trinajstić information content (AvgIpc) is 2.33. The number of esters is 1. The lowest BCUT2D eigenvalue weighted by molar-refractivity contribution is -0.158. The highest BCUT2D eigenvalue weighted by molar-refractivity contribution is 5.79. The Morgan fingerprint density at radius 2 is 2.05 bits per heavy atom. The van der Waals surface area contributed by atoms with Gasteiger partial charge in [0.05, 0.1) is 6.61 Å². The van der Waals surface area contributed by atoms with Gasteiger partial charge in [0.1, 0.15) is 5.75 Å². The smallest absolute Gasteiger partial charge is 0.349 e. The van der Waals surface area contributed by atoms with E-state index in [4.69, 9.17) is 15.2 Å². The second-order valence-electron chi connectivity index (χ2n) is 4.97. The fraction of sp³-hybridized carbons (Fsp3) is 0.533. The number of hydrogen-bond acceptors (Lipinski definition) is 4. The highest BCUT2D eigenvalue weighted by Gasteiger charge is 2.31. The molecule has 0 saturated heterocycles. The predicted molar refractivity (Wildman–Crippen MR) is 75.3 cm³/mol. The lowest BCUT2D eigenvalue weighted by Crippen LogP contribution is -2.39. The van der Waals surface area contributed by atoms with Gasteiger partial charge in [-0.25, -0.2) is 4.79 Å². The molecule has 4 nitrogen and oxygen atoms in total. The maximum absolute atomic E-state index is 11.8. The molecule has 2 N–H and O–H groups in total. The summed E-state index contributed by atoms with van der Waals surface area (Å²) in [4.78, 5) is 11.8. The minimum absolute atomic E-state index is 0.347. The summed E-state index contributed by atoms with van der Waals surface area (Å²) < 4.78 is 10.8. The van der Waals surface area contributed by atoms with Gasteiger partial charge < -0.3 is 15.2 Å². The van der Waals surface area contributed by atoms with Crippen LogP contribution in [-0.4, -0.2) is 24.7 Å². The van der Waals surface area contributed by atoms with E-state index in [-0.39, 0.29) is 5.97 Å². The van der Waals surface area contributed by atoms with Crippen molar-refractivity contribution in [3.05, 3.63) is 29.3 Å². The third-order valence-electron chi connectivity index (χ3n) is 2.80. The van der Waals surface area contributed by atoms with Crippen LogP contribution in [0.2, 0.25) is 0 Å². The first-order chi connectivity index (χ1) is 8.90. The van der Waals surface area contributed by atoms with Crippen LogP contribution in [0.25, 0.3) is 0 Å². The highest BCUT2D eigenvalue weighted by atomic mass is 16.6. The van der Waals surface area contributed by atoms with E-state index in [2.05, 4.69) is 0 Å². The molecule has 0 bridgehead atoms. The minimum atomic E-state index is -0.990. The molecular weight excluding hydrogens is 242 g/mol. The maximum Gasteiger partial charge on any atom is 0.349 e. The molecule has 0 unspecified atom stereocenters. The second kappa shape index (κ2) is 6.57. The van der Waals surface area contributed by atoms with Crippen LogP contribution < -0.4 is 10.5 Å². The van der Waals surface area contributed by atoms with E-state index < -0.39 is 5.60 Å². The van der Waals surface area contributed by atoms with Gasteiger partial charge in [-0.2, -0.15) is 0 Å². The van der Waals surface area contributed by atoms with Crippen LogP contribution in [0, 0.1) is 6.92 Å². The molecule has 19 heavy (non-hydrogen) atoms. The molecule has 1 rings (SSSR count). The number of aryl methyl sites for hydroxylation is 1. The van der Waals surface area contributed by atoms with Gasteiger partial charge in [0.15, 0.2) is 5.60 Å². The number of ether oxygens (including phenoxy) is 2. The second-order valence-corrected chi connectivity index (χ2v) is 4.97. The first-order valence-corrected chi connectivity index (χ1v) is 6.56. The molecule has 0 fully saturated rings. The summed E-state index contributed by atoms with van der Waals surface area (Å²) in [6.45, 7) is 8.11. The van der Waals surface area contributed by atoms with Crippen LogP contribution in [0.4, 0.5) is 0 Å². The summed E-state index contributed by atoms with van der Waals surface area (Å²) >= 11 is 0. The van der Waals surface area contributed by atoms with Crippen LogP contribution in [-0.2, 0) is 16.0 Å². The van der Waals surface area contributed by atoms with Crippen molar-refractivity contribution < 1.29 is 14.3 Å². The quantitative estimate of drug-likeness (QED) is 0.801. The van der Waals surface area contributed by atoms with Gasteiger partial charge in [-0.1, -0.05) is 12.1 Å². The van der Waals surface area contributed by atoms with Crippen LogP contribution in [0.1, 0.15) is 31.9 Å². The molecule has 4 heteroatoms.